The summed E-state index contributed by atoms with van der Waals surface area (Å²) < 4.78 is 16.4. The first-order valence-corrected chi connectivity index (χ1v) is 12.0. The SMILES string of the molecule is CCNC(=O)[C@@H](Cc1ccccc1)N(Cc1ccccc1Cl)C(=O)COc1cc(OC)cc(OC)c1. The van der Waals surface area contributed by atoms with Gasteiger partial charge >= 0.3 is 0 Å². The van der Waals surface area contributed by atoms with Crippen LogP contribution in [0, 0.1) is 0 Å². The second kappa shape index (κ2) is 13.4. The Morgan fingerprint density at radius 3 is 2.14 bits per heavy atom. The van der Waals surface area contributed by atoms with Gasteiger partial charge < -0.3 is 24.4 Å². The van der Waals surface area contributed by atoms with E-state index in [0.717, 1.165) is 11.1 Å². The van der Waals surface area contributed by atoms with Crippen LogP contribution in [0.15, 0.2) is 72.8 Å². The molecule has 36 heavy (non-hydrogen) atoms. The molecule has 0 bridgehead atoms. The molecule has 0 aliphatic rings. The van der Waals surface area contributed by atoms with E-state index in [1.165, 1.54) is 19.1 Å². The largest absolute Gasteiger partial charge is 0.496 e. The molecule has 0 aliphatic carbocycles. The molecule has 0 spiro atoms. The van der Waals surface area contributed by atoms with Crippen LogP contribution in [0.4, 0.5) is 0 Å². The molecule has 0 saturated heterocycles. The highest BCUT2D eigenvalue weighted by atomic mass is 35.5. The smallest absolute Gasteiger partial charge is 0.261 e. The number of rotatable bonds is 12. The summed E-state index contributed by atoms with van der Waals surface area (Å²) in [6.07, 6.45) is 0.343. The molecule has 190 valence electrons. The fourth-order valence-corrected chi connectivity index (χ4v) is 3.94. The minimum absolute atomic E-state index is 0.151. The predicted octanol–water partition coefficient (Wildman–Crippen LogP) is 4.51. The lowest BCUT2D eigenvalue weighted by molar-refractivity contribution is -0.142. The maximum Gasteiger partial charge on any atom is 0.261 e. The minimum atomic E-state index is -0.764. The number of hydrogen-bond acceptors (Lipinski definition) is 5. The number of carbonyl (C=O) groups excluding carboxylic acids is 2. The molecule has 7 nitrogen and oxygen atoms in total. The standard InChI is InChI=1S/C28H31ClN2O5/c1-4-30-28(33)26(14-20-10-6-5-7-11-20)31(18-21-12-8-9-13-25(21)29)27(32)19-36-24-16-22(34-2)15-23(17-24)35-3/h5-13,15-17,26H,4,14,18-19H2,1-3H3,(H,30,33)/t26-/m1/s1. The minimum Gasteiger partial charge on any atom is -0.496 e. The molecule has 1 N–H and O–H groups in total. The number of nitrogens with one attached hydrogen (secondary N) is 1. The molecular weight excluding hydrogens is 480 g/mol. The third-order valence-electron chi connectivity index (χ3n) is 5.61. The van der Waals surface area contributed by atoms with Gasteiger partial charge in [-0.3, -0.25) is 9.59 Å². The molecule has 0 saturated carbocycles. The van der Waals surface area contributed by atoms with E-state index in [-0.39, 0.29) is 25.0 Å². The highest BCUT2D eigenvalue weighted by Crippen LogP contribution is 2.28. The normalized spacial score (nSPS) is 11.3. The molecule has 1 atom stereocenters. The zero-order valence-corrected chi connectivity index (χ0v) is 21.5. The number of hydrogen-bond donors (Lipinski definition) is 1. The van der Waals surface area contributed by atoms with Crippen molar-refractivity contribution in [3.8, 4) is 17.2 Å². The maximum atomic E-state index is 13.6. The second-order valence-corrected chi connectivity index (χ2v) is 8.46. The van der Waals surface area contributed by atoms with Crippen molar-refractivity contribution >= 4 is 23.4 Å². The maximum absolute atomic E-state index is 13.6. The summed E-state index contributed by atoms with van der Waals surface area (Å²) in [6, 6.07) is 21.1. The van der Waals surface area contributed by atoms with Gasteiger partial charge in [-0.25, -0.2) is 0 Å². The lowest BCUT2D eigenvalue weighted by Gasteiger charge is -2.31. The van der Waals surface area contributed by atoms with Crippen LogP contribution in [-0.2, 0) is 22.6 Å². The summed E-state index contributed by atoms with van der Waals surface area (Å²) in [7, 11) is 3.07. The number of nitrogens with zero attached hydrogens (tertiary/aromatic N) is 1. The molecule has 0 fully saturated rings. The summed E-state index contributed by atoms with van der Waals surface area (Å²) in [4.78, 5) is 28.3. The number of likely N-dealkylation sites (N-methyl/N-ethyl adjacent to an activating group) is 1. The first kappa shape index (κ1) is 26.9. The van der Waals surface area contributed by atoms with Crippen molar-refractivity contribution in [2.75, 3.05) is 27.4 Å². The monoisotopic (exact) mass is 510 g/mol. The molecule has 8 heteroatoms. The lowest BCUT2D eigenvalue weighted by atomic mass is 10.0. The highest BCUT2D eigenvalue weighted by Gasteiger charge is 2.31. The van der Waals surface area contributed by atoms with Gasteiger partial charge in [-0.15, -0.1) is 0 Å². The van der Waals surface area contributed by atoms with E-state index in [2.05, 4.69) is 5.32 Å². The van der Waals surface area contributed by atoms with Gasteiger partial charge in [0.05, 0.1) is 14.2 Å². The molecule has 0 aromatic heterocycles. The fraction of sp³-hybridized carbons (Fsp3) is 0.286. The zero-order chi connectivity index (χ0) is 25.9. The third kappa shape index (κ3) is 7.39. The molecule has 0 heterocycles. The molecule has 0 radical (unpaired) electrons. The van der Waals surface area contributed by atoms with Gasteiger partial charge in [0.25, 0.3) is 5.91 Å². The molecule has 3 rings (SSSR count). The Labute approximate surface area is 216 Å². The van der Waals surface area contributed by atoms with E-state index in [0.29, 0.717) is 35.2 Å². The van der Waals surface area contributed by atoms with E-state index < -0.39 is 6.04 Å². The van der Waals surface area contributed by atoms with E-state index in [9.17, 15) is 9.59 Å². The van der Waals surface area contributed by atoms with Gasteiger partial charge in [0.1, 0.15) is 23.3 Å². The quantitative estimate of drug-likeness (QED) is 0.388. The van der Waals surface area contributed by atoms with Crippen LogP contribution in [0.5, 0.6) is 17.2 Å². The summed E-state index contributed by atoms with van der Waals surface area (Å²) in [6.45, 7) is 2.15. The van der Waals surface area contributed by atoms with E-state index in [1.807, 2.05) is 55.5 Å². The molecule has 3 aromatic rings. The Bertz CT molecular complexity index is 1130. The van der Waals surface area contributed by atoms with E-state index >= 15 is 0 Å². The predicted molar refractivity (Wildman–Crippen MR) is 140 cm³/mol. The molecule has 2 amide bonds. The van der Waals surface area contributed by atoms with Crippen LogP contribution in [0.1, 0.15) is 18.1 Å². The number of ether oxygens (including phenoxy) is 3. The highest BCUT2D eigenvalue weighted by molar-refractivity contribution is 6.31. The van der Waals surface area contributed by atoms with Crippen LogP contribution < -0.4 is 19.5 Å². The van der Waals surface area contributed by atoms with Gasteiger partial charge in [-0.05, 0) is 24.1 Å². The van der Waals surface area contributed by atoms with Crippen LogP contribution in [0.25, 0.3) is 0 Å². The van der Waals surface area contributed by atoms with Crippen LogP contribution >= 0.6 is 11.6 Å². The number of methoxy groups -OCH3 is 2. The van der Waals surface area contributed by atoms with Crippen LogP contribution in [0.2, 0.25) is 5.02 Å². The number of amides is 2. The molecular formula is C28H31ClN2O5. The van der Waals surface area contributed by atoms with Gasteiger partial charge in [0.15, 0.2) is 6.61 Å². The van der Waals surface area contributed by atoms with Crippen molar-refractivity contribution in [1.29, 1.82) is 0 Å². The van der Waals surface area contributed by atoms with Crippen molar-refractivity contribution in [3.05, 3.63) is 88.9 Å². The van der Waals surface area contributed by atoms with E-state index in [4.69, 9.17) is 25.8 Å². The van der Waals surface area contributed by atoms with E-state index in [1.54, 1.807) is 24.3 Å². The Balaban J connectivity index is 1.91. The Morgan fingerprint density at radius 1 is 0.917 bits per heavy atom. The van der Waals surface area contributed by atoms with Gasteiger partial charge in [0, 0.05) is 42.7 Å². The lowest BCUT2D eigenvalue weighted by Crippen LogP contribution is -2.51. The third-order valence-corrected chi connectivity index (χ3v) is 5.98. The number of halogens is 1. The average molecular weight is 511 g/mol. The van der Waals surface area contributed by atoms with Gasteiger partial charge in [-0.1, -0.05) is 60.1 Å². The van der Waals surface area contributed by atoms with Crippen LogP contribution in [-0.4, -0.2) is 50.1 Å². The Kier molecular flexibility index (Phi) is 10.0. The van der Waals surface area contributed by atoms with Crippen molar-refractivity contribution in [1.82, 2.24) is 10.2 Å². The zero-order valence-electron chi connectivity index (χ0n) is 20.7. The summed E-state index contributed by atoms with van der Waals surface area (Å²) >= 11 is 6.42. The van der Waals surface area contributed by atoms with Gasteiger partial charge in [-0.2, -0.15) is 0 Å². The summed E-state index contributed by atoms with van der Waals surface area (Å²) in [5, 5.41) is 3.38. The second-order valence-electron chi connectivity index (χ2n) is 8.05. The summed E-state index contributed by atoms with van der Waals surface area (Å²) in [5.41, 5.74) is 1.67. The average Bonchev–Trinajstić information content (AvgIpc) is 2.90. The van der Waals surface area contributed by atoms with Crippen molar-refractivity contribution in [2.24, 2.45) is 0 Å². The number of benzene rings is 3. The van der Waals surface area contributed by atoms with Gasteiger partial charge in [0.2, 0.25) is 5.91 Å². The summed E-state index contributed by atoms with van der Waals surface area (Å²) in [5.74, 6) is 0.881. The molecule has 3 aromatic carbocycles. The van der Waals surface area contributed by atoms with Crippen LogP contribution in [0.3, 0.4) is 0 Å². The first-order valence-electron chi connectivity index (χ1n) is 11.7. The molecule has 0 aliphatic heterocycles. The van der Waals surface area contributed by atoms with Crippen molar-refractivity contribution in [3.63, 3.8) is 0 Å². The topological polar surface area (TPSA) is 77.1 Å². The van der Waals surface area contributed by atoms with Crippen molar-refractivity contribution in [2.45, 2.75) is 25.9 Å². The fourth-order valence-electron chi connectivity index (χ4n) is 3.75. The Hall–Kier alpha value is -3.71. The number of carbonyl (C=O) groups is 2. The van der Waals surface area contributed by atoms with Crippen molar-refractivity contribution < 1.29 is 23.8 Å². The Morgan fingerprint density at radius 2 is 1.53 bits per heavy atom. The molecule has 0 unspecified atom stereocenters. The first-order chi connectivity index (χ1) is 17.4.